The van der Waals surface area contributed by atoms with E-state index in [-0.39, 0.29) is 17.5 Å². The van der Waals surface area contributed by atoms with Crippen LogP contribution in [-0.4, -0.2) is 34.8 Å². The molecule has 0 saturated heterocycles. The molecule has 3 rings (SSSR count). The highest BCUT2D eigenvalue weighted by atomic mass is 16.5. The molecule has 24 heavy (non-hydrogen) atoms. The van der Waals surface area contributed by atoms with E-state index in [4.69, 9.17) is 4.74 Å². The highest BCUT2D eigenvalue weighted by molar-refractivity contribution is 5.92. The van der Waals surface area contributed by atoms with E-state index < -0.39 is 0 Å². The molecular weight excluding hydrogens is 306 g/mol. The summed E-state index contributed by atoms with van der Waals surface area (Å²) < 4.78 is 8.71. The summed E-state index contributed by atoms with van der Waals surface area (Å²) in [4.78, 5) is 24.4. The highest BCUT2D eigenvalue weighted by Gasteiger charge is 2.23. The number of carbonyl (C=O) groups is 1. The van der Waals surface area contributed by atoms with Crippen LogP contribution < -0.4 is 10.9 Å². The van der Waals surface area contributed by atoms with Crippen molar-refractivity contribution in [1.82, 2.24) is 14.5 Å². The quantitative estimate of drug-likeness (QED) is 0.894. The number of nitrogens with one attached hydrogen (secondary N) is 1. The summed E-state index contributed by atoms with van der Waals surface area (Å²) in [6.07, 6.45) is 4.23. The zero-order valence-corrected chi connectivity index (χ0v) is 14.1. The maximum absolute atomic E-state index is 12.4. The van der Waals surface area contributed by atoms with E-state index in [0.717, 1.165) is 30.5 Å². The Morgan fingerprint density at radius 3 is 2.92 bits per heavy atom. The summed E-state index contributed by atoms with van der Waals surface area (Å²) in [6, 6.07) is 7.26. The van der Waals surface area contributed by atoms with Gasteiger partial charge in [-0.3, -0.25) is 9.59 Å². The Morgan fingerprint density at radius 1 is 1.38 bits per heavy atom. The molecular formula is C18H23N3O3. The average Bonchev–Trinajstić information content (AvgIpc) is 3.00. The third-order valence-electron chi connectivity index (χ3n) is 4.62. The fraction of sp³-hybridized carbons (Fsp3) is 0.444. The number of ether oxygens (including phenoxy) is 1. The van der Waals surface area contributed by atoms with Crippen LogP contribution in [0.3, 0.4) is 0 Å². The Kier molecular flexibility index (Phi) is 4.85. The summed E-state index contributed by atoms with van der Waals surface area (Å²) in [7, 11) is 3.50. The summed E-state index contributed by atoms with van der Waals surface area (Å²) in [5, 5.41) is 3.11. The SMILES string of the molecule is COCCn1c2c(ccc1=O)C[C@@H](NC(=O)c1cccn1C)CC2. The number of aromatic nitrogens is 2. The van der Waals surface area contributed by atoms with Crippen molar-refractivity contribution in [3.05, 3.63) is 57.8 Å². The lowest BCUT2D eigenvalue weighted by Gasteiger charge is -2.27. The topological polar surface area (TPSA) is 65.3 Å². The van der Waals surface area contributed by atoms with Crippen LogP contribution >= 0.6 is 0 Å². The minimum atomic E-state index is -0.0522. The van der Waals surface area contributed by atoms with Gasteiger partial charge >= 0.3 is 0 Å². The van der Waals surface area contributed by atoms with Gasteiger partial charge in [0.1, 0.15) is 5.69 Å². The summed E-state index contributed by atoms with van der Waals surface area (Å²) in [6.45, 7) is 1.09. The number of nitrogens with zero attached hydrogens (tertiary/aromatic N) is 2. The third-order valence-corrected chi connectivity index (χ3v) is 4.62. The van der Waals surface area contributed by atoms with Crippen LogP contribution in [-0.2, 0) is 31.2 Å². The summed E-state index contributed by atoms with van der Waals surface area (Å²) in [5.74, 6) is -0.0522. The van der Waals surface area contributed by atoms with E-state index in [1.54, 1.807) is 17.7 Å². The molecule has 0 bridgehead atoms. The monoisotopic (exact) mass is 329 g/mol. The van der Waals surface area contributed by atoms with Gasteiger partial charge in [-0.05, 0) is 37.0 Å². The summed E-state index contributed by atoms with van der Waals surface area (Å²) >= 11 is 0. The fourth-order valence-electron chi connectivity index (χ4n) is 3.33. The molecule has 6 nitrogen and oxygen atoms in total. The van der Waals surface area contributed by atoms with Crippen molar-refractivity contribution < 1.29 is 9.53 Å². The lowest BCUT2D eigenvalue weighted by Crippen LogP contribution is -2.41. The first-order chi connectivity index (χ1) is 11.6. The molecule has 0 aliphatic heterocycles. The molecule has 1 amide bonds. The van der Waals surface area contributed by atoms with E-state index in [0.29, 0.717) is 18.8 Å². The van der Waals surface area contributed by atoms with Crippen molar-refractivity contribution in [2.75, 3.05) is 13.7 Å². The number of fused-ring (bicyclic) bond motifs is 1. The van der Waals surface area contributed by atoms with E-state index >= 15 is 0 Å². The van der Waals surface area contributed by atoms with Crippen molar-refractivity contribution in [3.63, 3.8) is 0 Å². The third kappa shape index (κ3) is 3.28. The minimum absolute atomic E-state index is 0.0112. The number of amides is 1. The molecule has 2 heterocycles. The normalized spacial score (nSPS) is 16.7. The number of rotatable bonds is 5. The van der Waals surface area contributed by atoms with Crippen molar-refractivity contribution in [1.29, 1.82) is 0 Å². The molecule has 0 saturated carbocycles. The highest BCUT2D eigenvalue weighted by Crippen LogP contribution is 2.20. The van der Waals surface area contributed by atoms with Crippen LogP contribution in [0.15, 0.2) is 35.3 Å². The Hall–Kier alpha value is -2.34. The van der Waals surface area contributed by atoms with Crippen molar-refractivity contribution in [3.8, 4) is 0 Å². The largest absolute Gasteiger partial charge is 0.383 e. The Morgan fingerprint density at radius 2 is 2.21 bits per heavy atom. The van der Waals surface area contributed by atoms with Crippen LogP contribution in [0.4, 0.5) is 0 Å². The van der Waals surface area contributed by atoms with Crippen LogP contribution in [0, 0.1) is 0 Å². The summed E-state index contributed by atoms with van der Waals surface area (Å²) in [5.41, 5.74) is 2.88. The number of hydrogen-bond acceptors (Lipinski definition) is 3. The Balaban J connectivity index is 1.74. The zero-order valence-electron chi connectivity index (χ0n) is 14.1. The van der Waals surface area contributed by atoms with E-state index in [2.05, 4.69) is 5.32 Å². The number of carbonyl (C=O) groups excluding carboxylic acids is 1. The molecule has 2 aromatic heterocycles. The predicted molar refractivity (Wildman–Crippen MR) is 91.3 cm³/mol. The smallest absolute Gasteiger partial charge is 0.268 e. The molecule has 6 heteroatoms. The molecule has 128 valence electrons. The van der Waals surface area contributed by atoms with Gasteiger partial charge in [0.15, 0.2) is 0 Å². The predicted octanol–water partition coefficient (Wildman–Crippen LogP) is 1.12. The maximum Gasteiger partial charge on any atom is 0.268 e. The molecule has 1 aliphatic rings. The van der Waals surface area contributed by atoms with E-state index in [9.17, 15) is 9.59 Å². The molecule has 1 aliphatic carbocycles. The number of pyridine rings is 1. The average molecular weight is 329 g/mol. The molecule has 0 fully saturated rings. The lowest BCUT2D eigenvalue weighted by molar-refractivity contribution is 0.0925. The van der Waals surface area contributed by atoms with Gasteiger partial charge in [-0.1, -0.05) is 6.07 Å². The first kappa shape index (κ1) is 16.5. The first-order valence-electron chi connectivity index (χ1n) is 8.23. The van der Waals surface area contributed by atoms with Gasteiger partial charge in [0.05, 0.1) is 6.61 Å². The van der Waals surface area contributed by atoms with Crippen molar-refractivity contribution >= 4 is 5.91 Å². The molecule has 1 atom stereocenters. The maximum atomic E-state index is 12.4. The van der Waals surface area contributed by atoms with Gasteiger partial charge in [0.2, 0.25) is 0 Å². The lowest BCUT2D eigenvalue weighted by atomic mass is 9.91. The van der Waals surface area contributed by atoms with Crippen molar-refractivity contribution in [2.24, 2.45) is 7.05 Å². The second-order valence-electron chi connectivity index (χ2n) is 6.21. The van der Waals surface area contributed by atoms with Gasteiger partial charge in [-0.15, -0.1) is 0 Å². The van der Waals surface area contributed by atoms with E-state index in [1.807, 2.05) is 36.0 Å². The van der Waals surface area contributed by atoms with Crippen LogP contribution in [0.25, 0.3) is 0 Å². The van der Waals surface area contributed by atoms with Gasteiger partial charge in [0.25, 0.3) is 11.5 Å². The molecule has 2 aromatic rings. The molecule has 0 radical (unpaired) electrons. The van der Waals surface area contributed by atoms with Crippen LogP contribution in [0.5, 0.6) is 0 Å². The van der Waals surface area contributed by atoms with Gasteiger partial charge in [-0.25, -0.2) is 0 Å². The first-order valence-corrected chi connectivity index (χ1v) is 8.23. The minimum Gasteiger partial charge on any atom is -0.383 e. The van der Waals surface area contributed by atoms with E-state index in [1.165, 1.54) is 0 Å². The van der Waals surface area contributed by atoms with Crippen LogP contribution in [0.2, 0.25) is 0 Å². The second-order valence-corrected chi connectivity index (χ2v) is 6.21. The Labute approximate surface area is 141 Å². The van der Waals surface area contributed by atoms with Gasteiger partial charge in [0, 0.05) is 44.7 Å². The van der Waals surface area contributed by atoms with Gasteiger partial charge < -0.3 is 19.2 Å². The fourth-order valence-corrected chi connectivity index (χ4v) is 3.33. The molecule has 0 aromatic carbocycles. The van der Waals surface area contributed by atoms with Crippen LogP contribution in [0.1, 0.15) is 28.2 Å². The zero-order chi connectivity index (χ0) is 17.1. The molecule has 0 spiro atoms. The number of hydrogen-bond donors (Lipinski definition) is 1. The molecule has 1 N–H and O–H groups in total. The molecule has 0 unspecified atom stereocenters. The second kappa shape index (κ2) is 7.05. The Bertz CT molecular complexity index is 791. The number of methoxy groups -OCH3 is 1. The number of aryl methyl sites for hydroxylation is 1. The van der Waals surface area contributed by atoms with Gasteiger partial charge in [-0.2, -0.15) is 0 Å². The van der Waals surface area contributed by atoms with Crippen molar-refractivity contribution in [2.45, 2.75) is 31.8 Å². The standard InChI is InChI=1S/C18H23N3O3/c1-20-9-3-4-16(20)18(23)19-14-6-7-15-13(12-14)5-8-17(22)21(15)10-11-24-2/h3-5,8-9,14H,6-7,10-12H2,1-2H3,(H,19,23)/t14-/m0/s1.